The molecule has 0 heterocycles. The van der Waals surface area contributed by atoms with E-state index in [2.05, 4.69) is 0 Å². The first-order valence-corrected chi connectivity index (χ1v) is 20.0. The van der Waals surface area contributed by atoms with E-state index in [0.29, 0.717) is 16.2 Å². The van der Waals surface area contributed by atoms with Gasteiger partial charge in [0.25, 0.3) is 0 Å². The lowest BCUT2D eigenvalue weighted by molar-refractivity contribution is 0.329. The Balaban J connectivity index is 1.38. The van der Waals surface area contributed by atoms with Crippen molar-refractivity contribution >= 4 is 49.4 Å². The second-order valence-corrected chi connectivity index (χ2v) is 15.8. The number of rotatable bonds is 6. The van der Waals surface area contributed by atoms with Gasteiger partial charge in [-0.1, -0.05) is 60.7 Å². The molecular formula is C48H33NO22. The van der Waals surface area contributed by atoms with Crippen molar-refractivity contribution in [2.24, 2.45) is 0 Å². The minimum Gasteiger partial charge on any atom is -0.504 e. The molecule has 0 aliphatic heterocycles. The van der Waals surface area contributed by atoms with Gasteiger partial charge in [0.05, 0.1) is 27.8 Å². The maximum absolute atomic E-state index is 12.0. The zero-order valence-corrected chi connectivity index (χ0v) is 35.1. The van der Waals surface area contributed by atoms with E-state index in [-0.39, 0.29) is 10.5 Å². The Bertz CT molecular complexity index is 3550. The SMILES string of the molecule is Oc1c(O)c(O)c(-c2c(O)c(O)c(N(c3c(O)c(O)c(-c4ccc5c6ccccc6c6ccccc6c5c4)c(O)c3O)c3c(O)c(O)c(-c4c(O)c(O)c(O)c(O)c4O)c(O)c3O)c(O)c2O)c(O)c1O. The van der Waals surface area contributed by atoms with Crippen molar-refractivity contribution in [3.05, 3.63) is 66.7 Å². The fourth-order valence-electron chi connectivity index (χ4n) is 8.68. The predicted octanol–water partition coefficient (Wildman–Crippen LogP) is 7.14. The normalized spacial score (nSPS) is 11.5. The Morgan fingerprint density at radius 2 is 0.408 bits per heavy atom. The third-order valence-electron chi connectivity index (χ3n) is 12.1. The van der Waals surface area contributed by atoms with E-state index < -0.39 is 171 Å². The Kier molecular flexibility index (Phi) is 9.80. The zero-order chi connectivity index (χ0) is 51.7. The molecule has 23 heteroatoms. The number of aromatic hydroxyl groups is 22. The van der Waals surface area contributed by atoms with Crippen LogP contribution < -0.4 is 4.90 Å². The standard InChI is InChI=1S/C48H33NO22/c50-27-19(12-9-10-17-15-7-2-1-5-13(15)14-6-3-4-8-16(14)18(17)11-12)28(51)38(61)24(37(27)60)49(25-39(62)29(52)20(30(53)40(25)63)22-33(56)43(66)47(70)44(67)34(22)57)26-41(64)31(54)21(32(55)42(26)65)23-35(58)45(68)48(71)46(69)36(23)59/h1-11,50-71H. The van der Waals surface area contributed by atoms with Crippen LogP contribution in [0.4, 0.5) is 17.1 Å². The van der Waals surface area contributed by atoms with Gasteiger partial charge in [-0.2, -0.15) is 0 Å². The van der Waals surface area contributed by atoms with Crippen LogP contribution >= 0.6 is 0 Å². The number of hydrogen-bond acceptors (Lipinski definition) is 23. The molecule has 0 aliphatic carbocycles. The van der Waals surface area contributed by atoms with Crippen LogP contribution in [0, 0.1) is 0 Å². The minimum atomic E-state index is -1.91. The zero-order valence-electron chi connectivity index (χ0n) is 35.1. The number of anilines is 3. The summed E-state index contributed by atoms with van der Waals surface area (Å²) in [6.07, 6.45) is 0. The molecule has 0 saturated carbocycles. The van der Waals surface area contributed by atoms with Crippen molar-refractivity contribution in [2.45, 2.75) is 0 Å². The molecule has 0 radical (unpaired) electrons. The molecule has 0 saturated heterocycles. The first-order chi connectivity index (χ1) is 33.5. The first-order valence-electron chi connectivity index (χ1n) is 20.0. The molecule has 362 valence electrons. The second kappa shape index (κ2) is 15.4. The highest BCUT2D eigenvalue weighted by Gasteiger charge is 2.42. The summed E-state index contributed by atoms with van der Waals surface area (Å²) in [7, 11) is 0. The van der Waals surface area contributed by atoms with Crippen LogP contribution in [0.2, 0.25) is 0 Å². The van der Waals surface area contributed by atoms with Gasteiger partial charge in [0.15, 0.2) is 92.0 Å². The van der Waals surface area contributed by atoms with Gasteiger partial charge in [0, 0.05) is 0 Å². The average Bonchev–Trinajstić information content (AvgIpc) is 3.36. The molecule has 0 spiro atoms. The summed E-state index contributed by atoms with van der Waals surface area (Å²) < 4.78 is 0. The fourth-order valence-corrected chi connectivity index (χ4v) is 8.68. The smallest absolute Gasteiger partial charge is 0.208 e. The molecule has 0 atom stereocenters. The van der Waals surface area contributed by atoms with E-state index >= 15 is 0 Å². The van der Waals surface area contributed by atoms with E-state index in [9.17, 15) is 112 Å². The van der Waals surface area contributed by atoms with Crippen molar-refractivity contribution in [1.82, 2.24) is 0 Å². The summed E-state index contributed by atoms with van der Waals surface area (Å²) in [5.74, 6) is -37.2. The number of phenolic OH excluding ortho intramolecular Hbond substituents is 22. The number of nitrogens with zero attached hydrogens (tertiary/aromatic N) is 1. The highest BCUT2D eigenvalue weighted by atomic mass is 16.4. The minimum absolute atomic E-state index is 0.118. The lowest BCUT2D eigenvalue weighted by atomic mass is 9.91. The molecule has 0 amide bonds. The number of benzene rings is 9. The average molecular weight is 976 g/mol. The van der Waals surface area contributed by atoms with Crippen LogP contribution in [0.1, 0.15) is 0 Å². The Morgan fingerprint density at radius 1 is 0.197 bits per heavy atom. The third kappa shape index (κ3) is 5.96. The van der Waals surface area contributed by atoms with Gasteiger partial charge in [0.1, 0.15) is 17.1 Å². The molecule has 0 aromatic heterocycles. The van der Waals surface area contributed by atoms with Crippen LogP contribution in [-0.2, 0) is 0 Å². The molecule has 9 rings (SSSR count). The summed E-state index contributed by atoms with van der Waals surface area (Å²) in [6.45, 7) is 0. The molecule has 23 nitrogen and oxygen atoms in total. The van der Waals surface area contributed by atoms with Gasteiger partial charge in [-0.25, -0.2) is 0 Å². The van der Waals surface area contributed by atoms with Crippen molar-refractivity contribution in [3.63, 3.8) is 0 Å². The Hall–Kier alpha value is -10.8. The van der Waals surface area contributed by atoms with Crippen LogP contribution in [-0.4, -0.2) is 112 Å². The van der Waals surface area contributed by atoms with Crippen LogP contribution in [0.3, 0.4) is 0 Å². The van der Waals surface area contributed by atoms with E-state index in [4.69, 9.17) is 0 Å². The Labute approximate surface area is 392 Å². The second-order valence-electron chi connectivity index (χ2n) is 15.8. The van der Waals surface area contributed by atoms with E-state index in [1.165, 1.54) is 12.1 Å². The lowest BCUT2D eigenvalue weighted by Gasteiger charge is -2.31. The van der Waals surface area contributed by atoms with Crippen molar-refractivity contribution in [3.8, 4) is 160 Å². The lowest BCUT2D eigenvalue weighted by Crippen LogP contribution is -2.13. The largest absolute Gasteiger partial charge is 0.504 e. The molecule has 9 aromatic carbocycles. The van der Waals surface area contributed by atoms with Gasteiger partial charge < -0.3 is 112 Å². The highest BCUT2D eigenvalue weighted by Crippen LogP contribution is 2.70. The van der Waals surface area contributed by atoms with Crippen molar-refractivity contribution < 1.29 is 112 Å². The molecule has 0 unspecified atom stereocenters. The van der Waals surface area contributed by atoms with Crippen molar-refractivity contribution in [2.75, 3.05) is 4.90 Å². The predicted molar refractivity (Wildman–Crippen MR) is 247 cm³/mol. The van der Waals surface area contributed by atoms with Gasteiger partial charge >= 0.3 is 0 Å². The maximum atomic E-state index is 12.0. The molecule has 0 aliphatic rings. The summed E-state index contributed by atoms with van der Waals surface area (Å²) in [6, 6.07) is 18.9. The molecule has 0 fully saturated rings. The van der Waals surface area contributed by atoms with Crippen LogP contribution in [0.15, 0.2) is 66.7 Å². The molecule has 71 heavy (non-hydrogen) atoms. The summed E-state index contributed by atoms with van der Waals surface area (Å²) in [4.78, 5) is -0.243. The number of phenols is 22. The quantitative estimate of drug-likeness (QED) is 0.0447. The van der Waals surface area contributed by atoms with E-state index in [1.807, 2.05) is 24.3 Å². The van der Waals surface area contributed by atoms with Crippen LogP contribution in [0.5, 0.6) is 126 Å². The van der Waals surface area contributed by atoms with Crippen molar-refractivity contribution in [1.29, 1.82) is 0 Å². The number of fused-ring (bicyclic) bond motifs is 6. The van der Waals surface area contributed by atoms with Gasteiger partial charge in [-0.05, 0) is 43.9 Å². The topological polar surface area (TPSA) is 448 Å². The number of hydrogen-bond donors (Lipinski definition) is 22. The molecule has 0 bridgehead atoms. The molecular weight excluding hydrogens is 943 g/mol. The maximum Gasteiger partial charge on any atom is 0.208 e. The van der Waals surface area contributed by atoms with E-state index in [0.717, 1.165) is 16.2 Å². The summed E-state index contributed by atoms with van der Waals surface area (Å²) in [5.41, 5.74) is -11.8. The molecule has 22 N–H and O–H groups in total. The third-order valence-corrected chi connectivity index (χ3v) is 12.1. The van der Waals surface area contributed by atoms with Gasteiger partial charge in [0.2, 0.25) is 34.5 Å². The Morgan fingerprint density at radius 3 is 0.690 bits per heavy atom. The van der Waals surface area contributed by atoms with Crippen LogP contribution in [0.25, 0.3) is 65.7 Å². The monoisotopic (exact) mass is 975 g/mol. The summed E-state index contributed by atoms with van der Waals surface area (Å²) in [5, 5.41) is 248. The first kappa shape index (κ1) is 45.3. The fraction of sp³-hybridized carbons (Fsp3) is 0. The van der Waals surface area contributed by atoms with Gasteiger partial charge in [-0.15, -0.1) is 0 Å². The van der Waals surface area contributed by atoms with E-state index in [1.54, 1.807) is 30.3 Å². The van der Waals surface area contributed by atoms with Gasteiger partial charge in [-0.3, -0.25) is 4.90 Å². The highest BCUT2D eigenvalue weighted by molar-refractivity contribution is 6.26. The molecule has 9 aromatic rings. The summed E-state index contributed by atoms with van der Waals surface area (Å²) >= 11 is 0.